The lowest BCUT2D eigenvalue weighted by Crippen LogP contribution is -2.31. The maximum atomic E-state index is 12.7. The highest BCUT2D eigenvalue weighted by molar-refractivity contribution is 6.09. The van der Waals surface area contributed by atoms with Crippen molar-refractivity contribution in [2.75, 3.05) is 6.54 Å². The highest BCUT2D eigenvalue weighted by Crippen LogP contribution is 2.20. The molecule has 0 aliphatic heterocycles. The van der Waals surface area contributed by atoms with Gasteiger partial charge in [-0.25, -0.2) is 0 Å². The standard InChI is InChI=1S/C25H25NO2/c1-18(20-10-5-3-6-11-20)17-26-25(28)19(2)22-14-9-15-23(16-22)24(27)21-12-7-4-8-13-21/h3-16,18-19H,17H2,1-2H3,(H,26,28)/t18-,19-/m0/s1. The van der Waals surface area contributed by atoms with Crippen LogP contribution in [0.15, 0.2) is 84.9 Å². The van der Waals surface area contributed by atoms with Crippen molar-refractivity contribution in [3.63, 3.8) is 0 Å². The van der Waals surface area contributed by atoms with Gasteiger partial charge in [0.05, 0.1) is 5.92 Å². The summed E-state index contributed by atoms with van der Waals surface area (Å²) >= 11 is 0. The first kappa shape index (κ1) is 19.6. The van der Waals surface area contributed by atoms with Crippen molar-refractivity contribution >= 4 is 11.7 Å². The number of hydrogen-bond acceptors (Lipinski definition) is 2. The zero-order valence-corrected chi connectivity index (χ0v) is 16.3. The lowest BCUT2D eigenvalue weighted by atomic mass is 9.95. The minimum absolute atomic E-state index is 0.0345. The van der Waals surface area contributed by atoms with Crippen LogP contribution in [0.3, 0.4) is 0 Å². The van der Waals surface area contributed by atoms with Crippen LogP contribution in [0, 0.1) is 0 Å². The van der Waals surface area contributed by atoms with Crippen molar-refractivity contribution in [1.29, 1.82) is 0 Å². The lowest BCUT2D eigenvalue weighted by molar-refractivity contribution is -0.122. The van der Waals surface area contributed by atoms with Gasteiger partial charge in [0.2, 0.25) is 5.91 Å². The molecule has 0 saturated carbocycles. The largest absolute Gasteiger partial charge is 0.355 e. The molecule has 0 spiro atoms. The topological polar surface area (TPSA) is 46.2 Å². The summed E-state index contributed by atoms with van der Waals surface area (Å²) < 4.78 is 0. The van der Waals surface area contributed by atoms with Gasteiger partial charge in [0.15, 0.2) is 5.78 Å². The number of benzene rings is 3. The third kappa shape index (κ3) is 4.74. The molecule has 0 heterocycles. The molecule has 0 saturated heterocycles. The Bertz CT molecular complexity index is 935. The lowest BCUT2D eigenvalue weighted by Gasteiger charge is -2.17. The van der Waals surface area contributed by atoms with E-state index >= 15 is 0 Å². The van der Waals surface area contributed by atoms with Gasteiger partial charge >= 0.3 is 0 Å². The summed E-state index contributed by atoms with van der Waals surface area (Å²) in [7, 11) is 0. The average Bonchev–Trinajstić information content (AvgIpc) is 2.77. The Morgan fingerprint density at radius 3 is 2.00 bits per heavy atom. The van der Waals surface area contributed by atoms with Gasteiger partial charge in [-0.1, -0.05) is 85.8 Å². The summed E-state index contributed by atoms with van der Waals surface area (Å²) in [5, 5.41) is 3.04. The van der Waals surface area contributed by atoms with E-state index in [2.05, 4.69) is 24.4 Å². The Hall–Kier alpha value is -3.20. The maximum absolute atomic E-state index is 12.7. The zero-order valence-electron chi connectivity index (χ0n) is 16.3. The van der Waals surface area contributed by atoms with Gasteiger partial charge in [0.25, 0.3) is 0 Å². The molecule has 0 aromatic heterocycles. The zero-order chi connectivity index (χ0) is 19.9. The van der Waals surface area contributed by atoms with Gasteiger partial charge in [-0.2, -0.15) is 0 Å². The van der Waals surface area contributed by atoms with E-state index in [0.717, 1.165) is 5.56 Å². The van der Waals surface area contributed by atoms with E-state index < -0.39 is 0 Å². The number of ketones is 1. The van der Waals surface area contributed by atoms with E-state index in [1.807, 2.05) is 61.5 Å². The van der Waals surface area contributed by atoms with Gasteiger partial charge in [-0.05, 0) is 30.0 Å². The highest BCUT2D eigenvalue weighted by atomic mass is 16.1. The molecule has 3 rings (SSSR count). The molecule has 0 aliphatic rings. The van der Waals surface area contributed by atoms with Gasteiger partial charge in [-0.15, -0.1) is 0 Å². The fraction of sp³-hybridized carbons (Fsp3) is 0.200. The van der Waals surface area contributed by atoms with Crippen molar-refractivity contribution in [3.05, 3.63) is 107 Å². The van der Waals surface area contributed by atoms with Crippen LogP contribution in [-0.4, -0.2) is 18.2 Å². The van der Waals surface area contributed by atoms with Gasteiger partial charge in [0.1, 0.15) is 0 Å². The molecule has 0 radical (unpaired) electrons. The van der Waals surface area contributed by atoms with E-state index in [1.165, 1.54) is 5.56 Å². The van der Waals surface area contributed by atoms with Crippen LogP contribution in [0.5, 0.6) is 0 Å². The smallest absolute Gasteiger partial charge is 0.227 e. The second-order valence-corrected chi connectivity index (χ2v) is 7.10. The van der Waals surface area contributed by atoms with Crippen LogP contribution in [-0.2, 0) is 4.79 Å². The average molecular weight is 371 g/mol. The monoisotopic (exact) mass is 371 g/mol. The van der Waals surface area contributed by atoms with E-state index in [-0.39, 0.29) is 23.5 Å². The van der Waals surface area contributed by atoms with Crippen LogP contribution < -0.4 is 5.32 Å². The van der Waals surface area contributed by atoms with Crippen molar-refractivity contribution in [1.82, 2.24) is 5.32 Å². The number of carbonyl (C=O) groups is 2. The van der Waals surface area contributed by atoms with E-state index in [4.69, 9.17) is 0 Å². The van der Waals surface area contributed by atoms with Crippen LogP contribution in [0.25, 0.3) is 0 Å². The summed E-state index contributed by atoms with van der Waals surface area (Å²) in [6.45, 7) is 4.55. The Morgan fingerprint density at radius 2 is 1.32 bits per heavy atom. The van der Waals surface area contributed by atoms with Gasteiger partial charge < -0.3 is 5.32 Å². The summed E-state index contributed by atoms with van der Waals surface area (Å²) in [4.78, 5) is 25.3. The van der Waals surface area contributed by atoms with Crippen LogP contribution in [0.1, 0.15) is 52.7 Å². The molecule has 142 valence electrons. The number of carbonyl (C=O) groups excluding carboxylic acids is 2. The first-order valence-corrected chi connectivity index (χ1v) is 9.58. The predicted octanol–water partition coefficient (Wildman–Crippen LogP) is 4.94. The molecule has 3 heteroatoms. The van der Waals surface area contributed by atoms with Crippen LogP contribution >= 0.6 is 0 Å². The molecule has 0 fully saturated rings. The third-order valence-corrected chi connectivity index (χ3v) is 5.03. The SMILES string of the molecule is C[C@H](C(=O)NC[C@H](C)c1ccccc1)c1cccc(C(=O)c2ccccc2)c1. The summed E-state index contributed by atoms with van der Waals surface area (Å²) in [6.07, 6.45) is 0. The molecule has 0 bridgehead atoms. The number of amides is 1. The molecule has 1 N–H and O–H groups in total. The third-order valence-electron chi connectivity index (χ3n) is 5.03. The van der Waals surface area contributed by atoms with Crippen molar-refractivity contribution < 1.29 is 9.59 Å². The van der Waals surface area contributed by atoms with Crippen LogP contribution in [0.4, 0.5) is 0 Å². The molecule has 28 heavy (non-hydrogen) atoms. The van der Waals surface area contributed by atoms with Crippen LogP contribution in [0.2, 0.25) is 0 Å². The second-order valence-electron chi connectivity index (χ2n) is 7.10. The first-order valence-electron chi connectivity index (χ1n) is 9.58. The molecule has 2 atom stereocenters. The Balaban J connectivity index is 1.66. The summed E-state index contributed by atoms with van der Waals surface area (Å²) in [5.41, 5.74) is 3.28. The van der Waals surface area contributed by atoms with Gasteiger partial charge in [-0.3, -0.25) is 9.59 Å². The minimum atomic E-state index is -0.327. The summed E-state index contributed by atoms with van der Waals surface area (Å²) in [5.74, 6) is -0.158. The molecular formula is C25H25NO2. The number of nitrogens with one attached hydrogen (secondary N) is 1. The normalized spacial score (nSPS) is 12.8. The van der Waals surface area contributed by atoms with Crippen molar-refractivity contribution in [2.24, 2.45) is 0 Å². The van der Waals surface area contributed by atoms with Crippen molar-refractivity contribution in [2.45, 2.75) is 25.7 Å². The fourth-order valence-corrected chi connectivity index (χ4v) is 3.16. The Labute approximate surface area is 166 Å². The van der Waals surface area contributed by atoms with E-state index in [9.17, 15) is 9.59 Å². The molecule has 0 aliphatic carbocycles. The molecular weight excluding hydrogens is 346 g/mol. The molecule has 0 unspecified atom stereocenters. The molecule has 3 aromatic carbocycles. The fourth-order valence-electron chi connectivity index (χ4n) is 3.16. The second kappa shape index (κ2) is 9.14. The quantitative estimate of drug-likeness (QED) is 0.598. The summed E-state index contributed by atoms with van der Waals surface area (Å²) in [6, 6.07) is 26.7. The molecule has 3 nitrogen and oxygen atoms in total. The number of rotatable bonds is 7. The highest BCUT2D eigenvalue weighted by Gasteiger charge is 2.18. The Kier molecular flexibility index (Phi) is 6.38. The minimum Gasteiger partial charge on any atom is -0.355 e. The maximum Gasteiger partial charge on any atom is 0.227 e. The van der Waals surface area contributed by atoms with Gasteiger partial charge in [0, 0.05) is 17.7 Å². The molecule has 1 amide bonds. The predicted molar refractivity (Wildman–Crippen MR) is 113 cm³/mol. The Morgan fingerprint density at radius 1 is 0.750 bits per heavy atom. The van der Waals surface area contributed by atoms with E-state index in [0.29, 0.717) is 17.7 Å². The van der Waals surface area contributed by atoms with Crippen molar-refractivity contribution in [3.8, 4) is 0 Å². The van der Waals surface area contributed by atoms with E-state index in [1.54, 1.807) is 18.2 Å². The first-order chi connectivity index (χ1) is 13.6. The number of hydrogen-bond donors (Lipinski definition) is 1. The molecule has 3 aromatic rings.